The van der Waals surface area contributed by atoms with E-state index < -0.39 is 10.3 Å². The van der Waals surface area contributed by atoms with Gasteiger partial charge in [0.25, 0.3) is 0 Å². The Morgan fingerprint density at radius 2 is 1.32 bits per heavy atom. The van der Waals surface area contributed by atoms with Gasteiger partial charge < -0.3 is 23.1 Å². The quantitative estimate of drug-likeness (QED) is 0.351. The molecule has 0 unspecified atom stereocenters. The highest BCUT2D eigenvalue weighted by Gasteiger charge is 2.32. The van der Waals surface area contributed by atoms with Crippen LogP contribution < -0.4 is 23.1 Å². The standard InChI is InChI=1S/C27H36O6S.2C2H6/c1-27(2,3)34(8,9)33-23-14-17(10-13-22(23)29-4)20-15-18(28)11-12-19-21(20)16-24(30-5)26(32-7)25(19)31-6;2*1-2/h10,13-16H,11-12H2,1-9H3;2*1-2H3. The molecule has 2 aromatic carbocycles. The summed E-state index contributed by atoms with van der Waals surface area (Å²) in [4.78, 5) is 12.8. The van der Waals surface area contributed by atoms with Crippen molar-refractivity contribution in [3.63, 3.8) is 0 Å². The van der Waals surface area contributed by atoms with Crippen LogP contribution in [0.5, 0.6) is 28.7 Å². The largest absolute Gasteiger partial charge is 0.493 e. The Labute approximate surface area is 232 Å². The molecule has 1 aliphatic carbocycles. The summed E-state index contributed by atoms with van der Waals surface area (Å²) < 4.78 is 29.1. The number of hydrogen-bond donors (Lipinski definition) is 0. The zero-order valence-electron chi connectivity index (χ0n) is 25.7. The molecular weight excluding hydrogens is 500 g/mol. The molecule has 0 heterocycles. The van der Waals surface area contributed by atoms with Crippen LogP contribution in [0.25, 0.3) is 5.57 Å². The number of carbonyl (C=O) groups is 1. The molecule has 0 aliphatic heterocycles. The van der Waals surface area contributed by atoms with Gasteiger partial charge in [0.1, 0.15) is 0 Å². The molecule has 0 amide bonds. The van der Waals surface area contributed by atoms with Gasteiger partial charge in [-0.25, -0.2) is 0 Å². The molecule has 0 spiro atoms. The Morgan fingerprint density at radius 1 is 0.737 bits per heavy atom. The smallest absolute Gasteiger partial charge is 0.203 e. The molecule has 7 heteroatoms. The van der Waals surface area contributed by atoms with Crippen LogP contribution in [0, 0.1) is 0 Å². The van der Waals surface area contributed by atoms with Crippen LogP contribution in [0.1, 0.15) is 71.6 Å². The summed E-state index contributed by atoms with van der Waals surface area (Å²) in [7, 11) is 4.94. The van der Waals surface area contributed by atoms with Gasteiger partial charge in [0.15, 0.2) is 28.8 Å². The van der Waals surface area contributed by atoms with Crippen molar-refractivity contribution in [1.82, 2.24) is 0 Å². The lowest BCUT2D eigenvalue weighted by atomic mass is 9.92. The molecule has 0 N–H and O–H groups in total. The lowest BCUT2D eigenvalue weighted by Crippen LogP contribution is -2.27. The van der Waals surface area contributed by atoms with E-state index in [9.17, 15) is 4.79 Å². The molecule has 6 nitrogen and oxygen atoms in total. The third-order valence-corrected chi connectivity index (χ3v) is 9.94. The van der Waals surface area contributed by atoms with Crippen LogP contribution in [-0.2, 0) is 11.2 Å². The van der Waals surface area contributed by atoms with E-state index in [4.69, 9.17) is 23.1 Å². The van der Waals surface area contributed by atoms with Crippen molar-refractivity contribution in [3.8, 4) is 28.7 Å². The van der Waals surface area contributed by atoms with E-state index in [0.717, 1.165) is 22.3 Å². The fourth-order valence-corrected chi connectivity index (χ4v) is 4.59. The summed E-state index contributed by atoms with van der Waals surface area (Å²) in [5, 5.41) is 0. The third-order valence-electron chi connectivity index (χ3n) is 6.40. The van der Waals surface area contributed by atoms with Crippen molar-refractivity contribution in [2.45, 2.75) is 66.1 Å². The van der Waals surface area contributed by atoms with Gasteiger partial charge in [0.05, 0.1) is 28.4 Å². The molecule has 0 aromatic heterocycles. The topological polar surface area (TPSA) is 63.2 Å². The van der Waals surface area contributed by atoms with Crippen molar-refractivity contribution in [3.05, 3.63) is 47.0 Å². The van der Waals surface area contributed by atoms with E-state index in [0.29, 0.717) is 41.6 Å². The summed E-state index contributed by atoms with van der Waals surface area (Å²) in [6.45, 7) is 14.5. The maximum atomic E-state index is 12.8. The molecule has 1 aliphatic rings. The Balaban J connectivity index is 0.00000172. The summed E-state index contributed by atoms with van der Waals surface area (Å²) in [5.41, 5.74) is 3.42. The lowest BCUT2D eigenvalue weighted by molar-refractivity contribution is -0.114. The molecule has 38 heavy (non-hydrogen) atoms. The van der Waals surface area contributed by atoms with Crippen LogP contribution in [0.2, 0.25) is 0 Å². The number of ketones is 1. The van der Waals surface area contributed by atoms with Crippen LogP contribution in [0.4, 0.5) is 0 Å². The maximum Gasteiger partial charge on any atom is 0.203 e. The van der Waals surface area contributed by atoms with Gasteiger partial charge in [-0.1, -0.05) is 44.1 Å². The summed E-state index contributed by atoms with van der Waals surface area (Å²) in [6.07, 6.45) is 6.90. The van der Waals surface area contributed by atoms with Crippen molar-refractivity contribution in [1.29, 1.82) is 0 Å². The van der Waals surface area contributed by atoms with Crippen LogP contribution in [0.15, 0.2) is 30.3 Å². The van der Waals surface area contributed by atoms with Gasteiger partial charge >= 0.3 is 0 Å². The predicted octanol–water partition coefficient (Wildman–Crippen LogP) is 7.88. The number of allylic oxidation sites excluding steroid dienone is 1. The zero-order chi connectivity index (χ0) is 29.3. The summed E-state index contributed by atoms with van der Waals surface area (Å²) >= 11 is 0. The molecule has 0 bridgehead atoms. The summed E-state index contributed by atoms with van der Waals surface area (Å²) in [6, 6.07) is 7.70. The van der Waals surface area contributed by atoms with Crippen LogP contribution in [-0.4, -0.2) is 51.5 Å². The number of rotatable bonds is 7. The minimum atomic E-state index is -1.46. The number of ether oxygens (including phenoxy) is 4. The second-order valence-electron chi connectivity index (χ2n) is 9.49. The van der Waals surface area contributed by atoms with E-state index >= 15 is 0 Å². The molecule has 0 saturated carbocycles. The molecule has 3 rings (SSSR count). The van der Waals surface area contributed by atoms with E-state index in [2.05, 4.69) is 33.3 Å². The fraction of sp³-hybridized carbons (Fsp3) is 0.516. The Morgan fingerprint density at radius 3 is 1.82 bits per heavy atom. The van der Waals surface area contributed by atoms with Crippen molar-refractivity contribution < 1.29 is 27.9 Å². The highest BCUT2D eigenvalue weighted by molar-refractivity contribution is 8.30. The monoisotopic (exact) mass is 548 g/mol. The van der Waals surface area contributed by atoms with Gasteiger partial charge in [-0.05, 0) is 80.7 Å². The highest BCUT2D eigenvalue weighted by Crippen LogP contribution is 2.55. The number of hydrogen-bond acceptors (Lipinski definition) is 6. The normalized spacial score (nSPS) is 13.3. The van der Waals surface area contributed by atoms with Gasteiger partial charge in [-0.2, -0.15) is 0 Å². The Kier molecular flexibility index (Phi) is 12.6. The average Bonchev–Trinajstić information content (AvgIpc) is 3.07. The Bertz CT molecular complexity index is 1110. The number of methoxy groups -OCH3 is 4. The van der Waals surface area contributed by atoms with Gasteiger partial charge in [0.2, 0.25) is 5.75 Å². The van der Waals surface area contributed by atoms with E-state index in [-0.39, 0.29) is 10.5 Å². The molecule has 0 radical (unpaired) electrons. The number of carbonyl (C=O) groups excluding carboxylic acids is 1. The third kappa shape index (κ3) is 7.19. The van der Waals surface area contributed by atoms with Crippen LogP contribution in [0.3, 0.4) is 0 Å². The lowest BCUT2D eigenvalue weighted by Gasteiger charge is -2.44. The second-order valence-corrected chi connectivity index (χ2v) is 13.3. The summed E-state index contributed by atoms with van der Waals surface area (Å²) in [5.74, 6) is 3.00. The van der Waals surface area contributed by atoms with Gasteiger partial charge in [0, 0.05) is 16.7 Å². The first-order valence-corrected chi connectivity index (χ1v) is 15.5. The first kappa shape index (κ1) is 33.2. The van der Waals surface area contributed by atoms with Crippen LogP contribution >= 0.6 is 10.3 Å². The number of fused-ring (bicyclic) bond motifs is 1. The fourth-order valence-electron chi connectivity index (χ4n) is 3.76. The van der Waals surface area contributed by atoms with E-state index in [1.807, 2.05) is 52.0 Å². The molecule has 0 atom stereocenters. The van der Waals surface area contributed by atoms with Gasteiger partial charge in [-0.15, -0.1) is 0 Å². The van der Waals surface area contributed by atoms with Crippen molar-refractivity contribution in [2.75, 3.05) is 41.0 Å². The first-order chi connectivity index (χ1) is 18.0. The number of benzene rings is 2. The minimum absolute atomic E-state index is 0.0323. The predicted molar refractivity (Wildman–Crippen MR) is 162 cm³/mol. The van der Waals surface area contributed by atoms with Gasteiger partial charge in [-0.3, -0.25) is 4.79 Å². The molecule has 0 fully saturated rings. The van der Waals surface area contributed by atoms with E-state index in [1.54, 1.807) is 34.5 Å². The van der Waals surface area contributed by atoms with E-state index in [1.165, 1.54) is 0 Å². The SMILES string of the molecule is CC.CC.COc1ccc(C2=CC(=O)CCc3c2cc(OC)c(OC)c3OC)cc1OS(C)(C)C(C)(C)C. The minimum Gasteiger partial charge on any atom is -0.493 e. The zero-order valence-corrected chi connectivity index (χ0v) is 26.5. The maximum absolute atomic E-state index is 12.8. The molecule has 2 aromatic rings. The second kappa shape index (κ2) is 14.4. The molecule has 0 saturated heterocycles. The van der Waals surface area contributed by atoms with Crippen molar-refractivity contribution in [2.24, 2.45) is 0 Å². The van der Waals surface area contributed by atoms with Crippen molar-refractivity contribution >= 4 is 21.7 Å². The molecular formula is C31H48O6S. The Hall–Kier alpha value is -2.80. The molecule has 214 valence electrons. The first-order valence-electron chi connectivity index (χ1n) is 13.1. The average molecular weight is 549 g/mol. The highest BCUT2D eigenvalue weighted by atomic mass is 32.3.